The van der Waals surface area contributed by atoms with Crippen molar-refractivity contribution in [2.75, 3.05) is 7.11 Å². The molecule has 2 nitrogen and oxygen atoms in total. The normalized spacial score (nSPS) is 9.00. The van der Waals surface area contributed by atoms with E-state index in [0.717, 1.165) is 0 Å². The molecule has 16 heavy (non-hydrogen) atoms. The third-order valence-corrected chi connectivity index (χ3v) is 1.70. The fourth-order valence-corrected chi connectivity index (χ4v) is 1.06. The van der Waals surface area contributed by atoms with Gasteiger partial charge in [0.05, 0.1) is 7.11 Å². The first-order valence-corrected chi connectivity index (χ1v) is 5.26. The number of ether oxygens (including phenoxy) is 1. The molecule has 1 aromatic rings. The number of phenols is 1. The molecule has 0 aliphatic heterocycles. The van der Waals surface area contributed by atoms with Gasteiger partial charge in [-0.05, 0) is 18.1 Å². The van der Waals surface area contributed by atoms with Gasteiger partial charge >= 0.3 is 0 Å². The molecule has 0 spiro atoms. The van der Waals surface area contributed by atoms with Gasteiger partial charge in [-0.25, -0.2) is 4.39 Å². The van der Waals surface area contributed by atoms with E-state index in [1.165, 1.54) is 25.7 Å². The fraction of sp³-hybridized carbons (Fsp3) is 0.385. The minimum atomic E-state index is -0.610. The molecule has 0 unspecified atom stereocenters. The molecule has 90 valence electrons. The van der Waals surface area contributed by atoms with Gasteiger partial charge in [0, 0.05) is 6.07 Å². The van der Waals surface area contributed by atoms with Crippen molar-refractivity contribution in [3.63, 3.8) is 0 Å². The van der Waals surface area contributed by atoms with Crippen LogP contribution in [0.3, 0.4) is 0 Å². The second kappa shape index (κ2) is 7.74. The second-order valence-corrected chi connectivity index (χ2v) is 3.32. The predicted molar refractivity (Wildman–Crippen MR) is 64.5 cm³/mol. The van der Waals surface area contributed by atoms with E-state index in [9.17, 15) is 4.39 Å². The number of methoxy groups -OCH3 is 1. The van der Waals surface area contributed by atoms with Gasteiger partial charge in [0.15, 0.2) is 11.6 Å². The number of rotatable bonds is 3. The number of hydrogen-bond donors (Lipinski definition) is 1. The van der Waals surface area contributed by atoms with Crippen molar-refractivity contribution in [2.45, 2.75) is 26.7 Å². The summed E-state index contributed by atoms with van der Waals surface area (Å²) in [7, 11) is 1.46. The lowest BCUT2D eigenvalue weighted by Crippen LogP contribution is -1.91. The van der Waals surface area contributed by atoms with Crippen LogP contribution >= 0.6 is 0 Å². The van der Waals surface area contributed by atoms with E-state index in [0.29, 0.717) is 17.7 Å². The lowest BCUT2D eigenvalue weighted by molar-refractivity contribution is 0.395. The van der Waals surface area contributed by atoms with Gasteiger partial charge in [-0.3, -0.25) is 0 Å². The van der Waals surface area contributed by atoms with Crippen LogP contribution in [0.2, 0.25) is 0 Å². The van der Waals surface area contributed by atoms with Crippen molar-refractivity contribution < 1.29 is 14.2 Å². The number of allylic oxidation sites excluding steroid dienone is 1. The molecule has 0 atom stereocenters. The molecule has 0 saturated heterocycles. The summed E-state index contributed by atoms with van der Waals surface area (Å²) in [6, 6.07) is 2.78. The topological polar surface area (TPSA) is 29.5 Å². The Bertz CT molecular complexity index is 335. The highest BCUT2D eigenvalue weighted by molar-refractivity contribution is 5.39. The van der Waals surface area contributed by atoms with Crippen LogP contribution in [0.15, 0.2) is 24.8 Å². The van der Waals surface area contributed by atoms with Gasteiger partial charge in [-0.15, -0.1) is 6.58 Å². The highest BCUT2D eigenvalue weighted by Crippen LogP contribution is 2.26. The summed E-state index contributed by atoms with van der Waals surface area (Å²) < 4.78 is 18.0. The van der Waals surface area contributed by atoms with Crippen molar-refractivity contribution in [3.8, 4) is 11.5 Å². The van der Waals surface area contributed by atoms with E-state index < -0.39 is 11.6 Å². The van der Waals surface area contributed by atoms with Gasteiger partial charge in [-0.1, -0.05) is 26.3 Å². The number of benzene rings is 1. The molecule has 0 aromatic heterocycles. The Morgan fingerprint density at radius 2 is 2.00 bits per heavy atom. The van der Waals surface area contributed by atoms with Crippen molar-refractivity contribution in [3.05, 3.63) is 36.2 Å². The molecule has 0 radical (unpaired) electrons. The summed E-state index contributed by atoms with van der Waals surface area (Å²) >= 11 is 0. The molecule has 0 bridgehead atoms. The van der Waals surface area contributed by atoms with Crippen LogP contribution in [0.4, 0.5) is 4.39 Å². The summed E-state index contributed by atoms with van der Waals surface area (Å²) in [6.07, 6.45) is 3.19. The average Bonchev–Trinajstić information content (AvgIpc) is 2.26. The van der Waals surface area contributed by atoms with Gasteiger partial charge in [0.25, 0.3) is 0 Å². The van der Waals surface area contributed by atoms with Gasteiger partial charge < -0.3 is 9.84 Å². The number of aromatic hydroxyl groups is 1. The smallest absolute Gasteiger partial charge is 0.168 e. The molecular formula is C13H19FO2. The second-order valence-electron chi connectivity index (χ2n) is 3.32. The maximum atomic E-state index is 13.2. The average molecular weight is 226 g/mol. The molecule has 0 fully saturated rings. The van der Waals surface area contributed by atoms with Crippen LogP contribution in [0.25, 0.3) is 0 Å². The maximum absolute atomic E-state index is 13.2. The number of halogens is 1. The zero-order valence-electron chi connectivity index (χ0n) is 10.1. The standard InChI is InChI=1S/C10H11FO2.C3H8/c1-3-4-7-5-8(13-2)6-9(12)10(7)11;1-3-2/h3,5-6,12H,1,4H2,2H3;3H2,1-2H3. The molecule has 0 amide bonds. The van der Waals surface area contributed by atoms with Crippen molar-refractivity contribution in [1.29, 1.82) is 0 Å². The van der Waals surface area contributed by atoms with Gasteiger partial charge in [0.1, 0.15) is 5.75 Å². The van der Waals surface area contributed by atoms with E-state index in [1.54, 1.807) is 6.08 Å². The summed E-state index contributed by atoms with van der Waals surface area (Å²) in [6.45, 7) is 7.74. The molecule has 1 aromatic carbocycles. The minimum absolute atomic E-state index is 0.372. The molecule has 1 N–H and O–H groups in total. The summed E-state index contributed by atoms with van der Waals surface area (Å²) in [5, 5.41) is 9.15. The Hall–Kier alpha value is -1.51. The number of hydrogen-bond acceptors (Lipinski definition) is 2. The van der Waals surface area contributed by atoms with Crippen molar-refractivity contribution in [1.82, 2.24) is 0 Å². The Labute approximate surface area is 96.4 Å². The highest BCUT2D eigenvalue weighted by Gasteiger charge is 2.08. The zero-order valence-corrected chi connectivity index (χ0v) is 10.1. The minimum Gasteiger partial charge on any atom is -0.505 e. The van der Waals surface area contributed by atoms with Crippen LogP contribution in [-0.2, 0) is 6.42 Å². The van der Waals surface area contributed by atoms with Crippen LogP contribution < -0.4 is 4.74 Å². The van der Waals surface area contributed by atoms with Crippen LogP contribution in [0.1, 0.15) is 25.8 Å². The molecule has 0 heterocycles. The molecule has 0 saturated carbocycles. The van der Waals surface area contributed by atoms with Crippen LogP contribution in [-0.4, -0.2) is 12.2 Å². The highest BCUT2D eigenvalue weighted by atomic mass is 19.1. The molecular weight excluding hydrogens is 207 g/mol. The Kier molecular flexibility index (Phi) is 7.01. The van der Waals surface area contributed by atoms with E-state index in [2.05, 4.69) is 20.4 Å². The Balaban J connectivity index is 0.000000673. The lowest BCUT2D eigenvalue weighted by Gasteiger charge is -2.05. The molecule has 3 heteroatoms. The SMILES string of the molecule is C=CCc1cc(OC)cc(O)c1F.CCC. The zero-order chi connectivity index (χ0) is 12.6. The lowest BCUT2D eigenvalue weighted by atomic mass is 10.1. The first kappa shape index (κ1) is 14.5. The summed E-state index contributed by atoms with van der Waals surface area (Å²) in [4.78, 5) is 0. The van der Waals surface area contributed by atoms with Crippen molar-refractivity contribution >= 4 is 0 Å². The van der Waals surface area contributed by atoms with Gasteiger partial charge in [-0.2, -0.15) is 0 Å². The number of phenolic OH excluding ortho intramolecular Hbond substituents is 1. The van der Waals surface area contributed by atoms with E-state index in [-0.39, 0.29) is 0 Å². The first-order valence-electron chi connectivity index (χ1n) is 5.26. The van der Waals surface area contributed by atoms with E-state index >= 15 is 0 Å². The van der Waals surface area contributed by atoms with E-state index in [1.807, 2.05) is 0 Å². The predicted octanol–water partition coefficient (Wildman–Crippen LogP) is 3.68. The monoisotopic (exact) mass is 226 g/mol. The Morgan fingerprint density at radius 1 is 1.44 bits per heavy atom. The van der Waals surface area contributed by atoms with Crippen LogP contribution in [0.5, 0.6) is 11.5 Å². The molecule has 0 aliphatic rings. The summed E-state index contributed by atoms with van der Waals surface area (Å²) in [5.74, 6) is -0.562. The largest absolute Gasteiger partial charge is 0.505 e. The molecule has 1 rings (SSSR count). The Morgan fingerprint density at radius 3 is 2.44 bits per heavy atom. The maximum Gasteiger partial charge on any atom is 0.168 e. The molecule has 0 aliphatic carbocycles. The van der Waals surface area contributed by atoms with Gasteiger partial charge in [0.2, 0.25) is 0 Å². The quantitative estimate of drug-likeness (QED) is 0.796. The third kappa shape index (κ3) is 4.34. The third-order valence-electron chi connectivity index (χ3n) is 1.70. The van der Waals surface area contributed by atoms with Crippen molar-refractivity contribution in [2.24, 2.45) is 0 Å². The van der Waals surface area contributed by atoms with Crippen LogP contribution in [0, 0.1) is 5.82 Å². The van der Waals surface area contributed by atoms with E-state index in [4.69, 9.17) is 9.84 Å². The fourth-order valence-electron chi connectivity index (χ4n) is 1.06. The first-order chi connectivity index (χ1) is 7.60. The summed E-state index contributed by atoms with van der Waals surface area (Å²) in [5.41, 5.74) is 0.381.